The first-order chi connectivity index (χ1) is 4.54. The van der Waals surface area contributed by atoms with Crippen LogP contribution in [0, 0.1) is 0 Å². The fraction of sp³-hybridized carbons (Fsp3) is 0.333. The molecule has 0 atom stereocenters. The van der Waals surface area contributed by atoms with Crippen LogP contribution in [0.3, 0.4) is 0 Å². The average molecular weight is 156 g/mol. The van der Waals surface area contributed by atoms with Gasteiger partial charge in [0.1, 0.15) is 25.0 Å². The molecule has 0 amide bonds. The first-order valence-corrected chi connectivity index (χ1v) is 2.33. The van der Waals surface area contributed by atoms with Gasteiger partial charge in [0.15, 0.2) is 0 Å². The number of hydrogen-bond donors (Lipinski definition) is 0. The Hall–Kier alpha value is -0.800. The van der Waals surface area contributed by atoms with Crippen LogP contribution in [0.15, 0.2) is 24.8 Å². The minimum atomic E-state index is -1.06. The third kappa shape index (κ3) is 27.0. The van der Waals surface area contributed by atoms with Crippen LogP contribution < -0.4 is 0 Å². The summed E-state index contributed by atoms with van der Waals surface area (Å²) in [5, 5.41) is 0. The normalized spacial score (nSPS) is 7.60. The molecule has 60 valence electrons. The van der Waals surface area contributed by atoms with Gasteiger partial charge in [-0.1, -0.05) is 13.2 Å². The van der Waals surface area contributed by atoms with E-state index in [9.17, 15) is 17.6 Å². The molecular formula is C6H8F4. The van der Waals surface area contributed by atoms with E-state index in [1.54, 1.807) is 0 Å². The molecule has 0 heterocycles. The lowest BCUT2D eigenvalue weighted by molar-refractivity contribution is 0.462. The van der Waals surface area contributed by atoms with E-state index < -0.39 is 25.0 Å². The number of hydrogen-bond acceptors (Lipinski definition) is 0. The minimum Gasteiger partial charge on any atom is -0.243 e. The Labute approximate surface area is 56.9 Å². The Balaban J connectivity index is 0. The quantitative estimate of drug-likeness (QED) is 0.539. The largest absolute Gasteiger partial charge is 0.243 e. The second-order valence-corrected chi connectivity index (χ2v) is 1.30. The fourth-order valence-corrected chi connectivity index (χ4v) is 0. The molecule has 0 saturated carbocycles. The van der Waals surface area contributed by atoms with E-state index in [2.05, 4.69) is 13.2 Å². The van der Waals surface area contributed by atoms with E-state index in [1.807, 2.05) is 0 Å². The van der Waals surface area contributed by atoms with Gasteiger partial charge in [0.2, 0.25) is 0 Å². The van der Waals surface area contributed by atoms with Crippen molar-refractivity contribution >= 4 is 0 Å². The summed E-state index contributed by atoms with van der Waals surface area (Å²) in [7, 11) is 0. The summed E-state index contributed by atoms with van der Waals surface area (Å²) in [5.74, 6) is -1.82. The Morgan fingerprint density at radius 3 is 1.00 bits per heavy atom. The molecule has 0 aliphatic carbocycles. The van der Waals surface area contributed by atoms with Gasteiger partial charge in [-0.25, -0.2) is 17.6 Å². The molecule has 0 aliphatic heterocycles. The molecule has 0 N–H and O–H groups in total. The van der Waals surface area contributed by atoms with Crippen LogP contribution in [0.5, 0.6) is 0 Å². The van der Waals surface area contributed by atoms with Crippen LogP contribution in [0.2, 0.25) is 0 Å². The Morgan fingerprint density at radius 1 is 0.900 bits per heavy atom. The summed E-state index contributed by atoms with van der Waals surface area (Å²) in [6.45, 7) is 3.15. The third-order valence-corrected chi connectivity index (χ3v) is 0.290. The van der Waals surface area contributed by atoms with E-state index in [-0.39, 0.29) is 0 Å². The van der Waals surface area contributed by atoms with E-state index in [1.165, 1.54) is 0 Å². The lowest BCUT2D eigenvalue weighted by Crippen LogP contribution is -1.65. The number of allylic oxidation sites excluding steroid dienone is 2. The van der Waals surface area contributed by atoms with E-state index in [0.717, 1.165) is 0 Å². The highest BCUT2D eigenvalue weighted by Crippen LogP contribution is 1.87. The van der Waals surface area contributed by atoms with E-state index in [4.69, 9.17) is 0 Å². The summed E-state index contributed by atoms with van der Waals surface area (Å²) in [4.78, 5) is 0. The standard InChI is InChI=1S/2C3H4F2/c2*1-3(5)2-4/h2*1-2H2. The summed E-state index contributed by atoms with van der Waals surface area (Å²) >= 11 is 0. The predicted octanol–water partition coefficient (Wildman–Crippen LogP) is 2.88. The third-order valence-electron chi connectivity index (χ3n) is 0.290. The summed E-state index contributed by atoms with van der Waals surface area (Å²) in [6.07, 6.45) is 0. The van der Waals surface area contributed by atoms with Gasteiger partial charge < -0.3 is 0 Å². The van der Waals surface area contributed by atoms with Gasteiger partial charge in [0, 0.05) is 0 Å². The maximum absolute atomic E-state index is 10.9. The fourth-order valence-electron chi connectivity index (χ4n) is 0. The van der Waals surface area contributed by atoms with Crippen LogP contribution in [0.1, 0.15) is 0 Å². The van der Waals surface area contributed by atoms with Crippen LogP contribution in [0.25, 0.3) is 0 Å². The van der Waals surface area contributed by atoms with Crippen molar-refractivity contribution in [3.05, 3.63) is 24.8 Å². The number of alkyl halides is 2. The molecular weight excluding hydrogens is 148 g/mol. The van der Waals surface area contributed by atoms with Crippen molar-refractivity contribution in [2.45, 2.75) is 0 Å². The van der Waals surface area contributed by atoms with Gasteiger partial charge in [0.05, 0.1) is 0 Å². The smallest absolute Gasteiger partial charge is 0.140 e. The molecule has 0 aromatic carbocycles. The molecule has 0 aromatic heterocycles. The Bertz CT molecular complexity index is 94.3. The first kappa shape index (κ1) is 11.9. The lowest BCUT2D eigenvalue weighted by atomic mass is 10.7. The monoisotopic (exact) mass is 156 g/mol. The van der Waals surface area contributed by atoms with Gasteiger partial charge in [-0.15, -0.1) is 0 Å². The highest BCUT2D eigenvalue weighted by molar-refractivity contribution is 4.77. The molecule has 10 heavy (non-hydrogen) atoms. The predicted molar refractivity (Wildman–Crippen MR) is 32.4 cm³/mol. The second kappa shape index (κ2) is 8.20. The van der Waals surface area contributed by atoms with Crippen LogP contribution in [-0.4, -0.2) is 13.3 Å². The molecule has 0 radical (unpaired) electrons. The van der Waals surface area contributed by atoms with Crippen molar-refractivity contribution in [3.63, 3.8) is 0 Å². The molecule has 0 spiro atoms. The Morgan fingerprint density at radius 2 is 1.00 bits per heavy atom. The topological polar surface area (TPSA) is 0 Å². The minimum absolute atomic E-state index is 0.912. The van der Waals surface area contributed by atoms with Crippen LogP contribution in [0.4, 0.5) is 17.6 Å². The van der Waals surface area contributed by atoms with Crippen LogP contribution >= 0.6 is 0 Å². The van der Waals surface area contributed by atoms with E-state index >= 15 is 0 Å². The van der Waals surface area contributed by atoms with Crippen molar-refractivity contribution in [1.82, 2.24) is 0 Å². The highest BCUT2D eigenvalue weighted by atomic mass is 19.2. The van der Waals surface area contributed by atoms with Crippen LogP contribution in [-0.2, 0) is 0 Å². The second-order valence-electron chi connectivity index (χ2n) is 1.30. The van der Waals surface area contributed by atoms with Gasteiger partial charge in [-0.05, 0) is 0 Å². The maximum atomic E-state index is 10.9. The van der Waals surface area contributed by atoms with Crippen molar-refractivity contribution in [2.24, 2.45) is 0 Å². The Kier molecular flexibility index (Phi) is 9.79. The van der Waals surface area contributed by atoms with Gasteiger partial charge >= 0.3 is 0 Å². The number of rotatable bonds is 2. The van der Waals surface area contributed by atoms with Crippen molar-refractivity contribution in [3.8, 4) is 0 Å². The summed E-state index contributed by atoms with van der Waals surface area (Å²) < 4.78 is 43.0. The zero-order valence-electron chi connectivity index (χ0n) is 5.34. The molecule has 0 saturated heterocycles. The van der Waals surface area contributed by atoms with E-state index in [0.29, 0.717) is 0 Å². The lowest BCUT2D eigenvalue weighted by Gasteiger charge is -1.71. The van der Waals surface area contributed by atoms with Crippen molar-refractivity contribution in [2.75, 3.05) is 13.3 Å². The van der Waals surface area contributed by atoms with Gasteiger partial charge in [-0.3, -0.25) is 0 Å². The van der Waals surface area contributed by atoms with Crippen molar-refractivity contribution < 1.29 is 17.6 Å². The van der Waals surface area contributed by atoms with Crippen molar-refractivity contribution in [1.29, 1.82) is 0 Å². The molecule has 0 rings (SSSR count). The first-order valence-electron chi connectivity index (χ1n) is 2.33. The molecule has 0 aliphatic rings. The average Bonchev–Trinajstić information content (AvgIpc) is 1.89. The van der Waals surface area contributed by atoms with Gasteiger partial charge in [0.25, 0.3) is 0 Å². The highest BCUT2D eigenvalue weighted by Gasteiger charge is 1.78. The van der Waals surface area contributed by atoms with Gasteiger partial charge in [-0.2, -0.15) is 0 Å². The molecule has 0 aromatic rings. The maximum Gasteiger partial charge on any atom is 0.140 e. The molecule has 4 heteroatoms. The molecule has 0 fully saturated rings. The molecule has 0 nitrogen and oxygen atoms in total. The summed E-state index contributed by atoms with van der Waals surface area (Å²) in [6, 6.07) is 0. The SMILES string of the molecule is C=C(F)CF.C=C(F)CF. The summed E-state index contributed by atoms with van der Waals surface area (Å²) in [5.41, 5.74) is 0. The molecule has 0 bridgehead atoms. The zero-order valence-corrected chi connectivity index (χ0v) is 5.34. The number of halogens is 4. The molecule has 0 unspecified atom stereocenters. The zero-order chi connectivity index (χ0) is 8.57.